The van der Waals surface area contributed by atoms with Gasteiger partial charge in [0.1, 0.15) is 5.82 Å². The molecule has 0 aromatic carbocycles. The van der Waals surface area contributed by atoms with E-state index in [-0.39, 0.29) is 23.1 Å². The molecule has 2 N–H and O–H groups in total. The third-order valence-corrected chi connectivity index (χ3v) is 3.27. The van der Waals surface area contributed by atoms with E-state index in [1.807, 2.05) is 27.7 Å². The van der Waals surface area contributed by atoms with Crippen molar-refractivity contribution < 1.29 is 9.59 Å². The molecular weight excluding hydrogens is 256 g/mol. The second-order valence-electron chi connectivity index (χ2n) is 6.67. The first-order valence-electron chi connectivity index (χ1n) is 6.84. The van der Waals surface area contributed by atoms with Crippen molar-refractivity contribution >= 4 is 23.5 Å². The zero-order chi connectivity index (χ0) is 15.1. The average Bonchev–Trinajstić information content (AvgIpc) is 2.52. The fraction of sp³-hybridized carbons (Fsp3) is 0.643. The predicted molar refractivity (Wildman–Crippen MR) is 77.6 cm³/mol. The first-order chi connectivity index (χ1) is 9.17. The molecule has 20 heavy (non-hydrogen) atoms. The zero-order valence-electron chi connectivity index (χ0n) is 12.7. The summed E-state index contributed by atoms with van der Waals surface area (Å²) in [7, 11) is 1.76. The van der Waals surface area contributed by atoms with Gasteiger partial charge >= 0.3 is 0 Å². The normalized spacial score (nSPS) is 18.4. The van der Waals surface area contributed by atoms with Gasteiger partial charge in [0.2, 0.25) is 11.8 Å². The highest BCUT2D eigenvalue weighted by Gasteiger charge is 2.30. The van der Waals surface area contributed by atoms with E-state index < -0.39 is 0 Å². The van der Waals surface area contributed by atoms with Crippen LogP contribution in [-0.4, -0.2) is 21.6 Å². The molecule has 6 heteroatoms. The van der Waals surface area contributed by atoms with Crippen LogP contribution in [0.4, 0.5) is 11.6 Å². The molecule has 1 unspecified atom stereocenters. The van der Waals surface area contributed by atoms with Crippen molar-refractivity contribution in [1.29, 1.82) is 0 Å². The number of hydrogen-bond donors (Lipinski definition) is 2. The monoisotopic (exact) mass is 278 g/mol. The van der Waals surface area contributed by atoms with E-state index in [4.69, 9.17) is 0 Å². The highest BCUT2D eigenvalue weighted by molar-refractivity contribution is 5.97. The molecule has 0 spiro atoms. The summed E-state index contributed by atoms with van der Waals surface area (Å²) in [4.78, 5) is 23.6. The van der Waals surface area contributed by atoms with Crippen molar-refractivity contribution in [2.45, 2.75) is 46.5 Å². The number of carbonyl (C=O) groups is 2. The van der Waals surface area contributed by atoms with Crippen LogP contribution in [0.15, 0.2) is 0 Å². The molecule has 0 fully saturated rings. The Morgan fingerprint density at radius 2 is 2.15 bits per heavy atom. The minimum Gasteiger partial charge on any atom is -0.311 e. The lowest BCUT2D eigenvalue weighted by molar-refractivity contribution is -0.118. The number of hydrogen-bond acceptors (Lipinski definition) is 3. The molecule has 0 aliphatic carbocycles. The van der Waals surface area contributed by atoms with Crippen LogP contribution in [-0.2, 0) is 16.6 Å². The maximum Gasteiger partial charge on any atom is 0.226 e. The van der Waals surface area contributed by atoms with E-state index in [0.29, 0.717) is 24.5 Å². The van der Waals surface area contributed by atoms with Crippen LogP contribution in [0.3, 0.4) is 0 Å². The van der Waals surface area contributed by atoms with E-state index in [1.165, 1.54) is 0 Å². The molecule has 2 rings (SSSR count). The third kappa shape index (κ3) is 3.00. The van der Waals surface area contributed by atoms with Crippen molar-refractivity contribution in [2.75, 3.05) is 10.6 Å². The molecule has 6 nitrogen and oxygen atoms in total. The fourth-order valence-corrected chi connectivity index (χ4v) is 2.47. The van der Waals surface area contributed by atoms with E-state index in [0.717, 1.165) is 5.56 Å². The summed E-state index contributed by atoms with van der Waals surface area (Å²) in [5.74, 6) is 1.23. The van der Waals surface area contributed by atoms with E-state index in [1.54, 1.807) is 11.7 Å². The van der Waals surface area contributed by atoms with Crippen LogP contribution in [0, 0.1) is 5.41 Å². The summed E-state index contributed by atoms with van der Waals surface area (Å²) in [6.45, 7) is 8.02. The Hall–Kier alpha value is -1.85. The second-order valence-corrected chi connectivity index (χ2v) is 6.67. The summed E-state index contributed by atoms with van der Waals surface area (Å²) in [6.07, 6.45) is 0.847. The number of aromatic nitrogens is 2. The van der Waals surface area contributed by atoms with Gasteiger partial charge in [-0.2, -0.15) is 5.10 Å². The fourth-order valence-electron chi connectivity index (χ4n) is 2.47. The molecule has 0 bridgehead atoms. The lowest BCUT2D eigenvalue weighted by Gasteiger charge is -2.21. The highest BCUT2D eigenvalue weighted by atomic mass is 16.2. The van der Waals surface area contributed by atoms with Crippen LogP contribution in [0.1, 0.15) is 52.0 Å². The Kier molecular flexibility index (Phi) is 3.58. The number of anilines is 2. The second kappa shape index (κ2) is 4.92. The molecule has 0 saturated heterocycles. The van der Waals surface area contributed by atoms with Crippen LogP contribution in [0.5, 0.6) is 0 Å². The number of rotatable bonds is 2. The molecule has 110 valence electrons. The molecule has 2 heterocycles. The van der Waals surface area contributed by atoms with E-state index >= 15 is 0 Å². The van der Waals surface area contributed by atoms with Crippen molar-refractivity contribution in [3.8, 4) is 0 Å². The van der Waals surface area contributed by atoms with Crippen molar-refractivity contribution in [3.63, 3.8) is 0 Å². The summed E-state index contributed by atoms with van der Waals surface area (Å²) in [6, 6.07) is 0. The van der Waals surface area contributed by atoms with Crippen LogP contribution < -0.4 is 10.6 Å². The molecule has 1 aliphatic rings. The van der Waals surface area contributed by atoms with Gasteiger partial charge in [-0.25, -0.2) is 0 Å². The van der Waals surface area contributed by atoms with Gasteiger partial charge in [-0.05, 0) is 11.3 Å². The number of fused-ring (bicyclic) bond motifs is 1. The van der Waals surface area contributed by atoms with Crippen LogP contribution in [0.25, 0.3) is 0 Å². The van der Waals surface area contributed by atoms with Gasteiger partial charge in [0, 0.05) is 25.5 Å². The molecule has 1 aromatic rings. The molecule has 1 atom stereocenters. The standard InChI is InChI=1S/C14H22N4O2/c1-8-6-9(19)16-13-11(8)12(17-18(13)5)15-10(20)7-14(2,3)4/h8H,6-7H2,1-5H3,(H,16,19)(H,15,17,20). The van der Waals surface area contributed by atoms with Gasteiger partial charge in [0.25, 0.3) is 0 Å². The zero-order valence-corrected chi connectivity index (χ0v) is 12.7. The molecular formula is C14H22N4O2. The van der Waals surface area contributed by atoms with Crippen molar-refractivity contribution in [1.82, 2.24) is 9.78 Å². The average molecular weight is 278 g/mol. The quantitative estimate of drug-likeness (QED) is 0.871. The highest BCUT2D eigenvalue weighted by Crippen LogP contribution is 2.37. The summed E-state index contributed by atoms with van der Waals surface area (Å²) < 4.78 is 1.61. The van der Waals surface area contributed by atoms with Gasteiger partial charge in [-0.1, -0.05) is 27.7 Å². The van der Waals surface area contributed by atoms with Gasteiger partial charge in [0.05, 0.1) is 0 Å². The maximum absolute atomic E-state index is 12.0. The van der Waals surface area contributed by atoms with Crippen molar-refractivity contribution in [3.05, 3.63) is 5.56 Å². The van der Waals surface area contributed by atoms with Gasteiger partial charge in [0.15, 0.2) is 5.82 Å². The number of amides is 2. The Morgan fingerprint density at radius 3 is 2.75 bits per heavy atom. The first kappa shape index (κ1) is 14.6. The number of carbonyl (C=O) groups excluding carboxylic acids is 2. The van der Waals surface area contributed by atoms with Crippen LogP contribution in [0.2, 0.25) is 0 Å². The SMILES string of the molecule is CC1CC(=O)Nc2c1c(NC(=O)CC(C)(C)C)nn2C. The first-order valence-corrected chi connectivity index (χ1v) is 6.84. The molecule has 2 amide bonds. The molecule has 1 aromatic heterocycles. The molecule has 0 saturated carbocycles. The number of aryl methyl sites for hydroxylation is 1. The third-order valence-electron chi connectivity index (χ3n) is 3.27. The number of nitrogens with zero attached hydrogens (tertiary/aromatic N) is 2. The molecule has 0 radical (unpaired) electrons. The van der Waals surface area contributed by atoms with Crippen molar-refractivity contribution in [2.24, 2.45) is 12.5 Å². The van der Waals surface area contributed by atoms with E-state index in [2.05, 4.69) is 15.7 Å². The Balaban J connectivity index is 2.24. The summed E-state index contributed by atoms with van der Waals surface area (Å²) in [5.41, 5.74) is 0.841. The minimum atomic E-state index is -0.0707. The lowest BCUT2D eigenvalue weighted by Crippen LogP contribution is -2.24. The van der Waals surface area contributed by atoms with Crippen LogP contribution >= 0.6 is 0 Å². The van der Waals surface area contributed by atoms with Gasteiger partial charge in [-0.3, -0.25) is 14.3 Å². The minimum absolute atomic E-state index is 0.0134. The maximum atomic E-state index is 12.0. The topological polar surface area (TPSA) is 76.0 Å². The predicted octanol–water partition coefficient (Wildman–Crippen LogP) is 2.24. The summed E-state index contributed by atoms with van der Waals surface area (Å²) in [5, 5.41) is 10.00. The largest absolute Gasteiger partial charge is 0.311 e. The van der Waals surface area contributed by atoms with Gasteiger partial charge < -0.3 is 10.6 Å². The Bertz CT molecular complexity index is 554. The smallest absolute Gasteiger partial charge is 0.226 e. The summed E-state index contributed by atoms with van der Waals surface area (Å²) >= 11 is 0. The van der Waals surface area contributed by atoms with E-state index in [9.17, 15) is 9.59 Å². The Labute approximate surface area is 118 Å². The Morgan fingerprint density at radius 1 is 1.50 bits per heavy atom. The molecule has 1 aliphatic heterocycles. The number of nitrogens with one attached hydrogen (secondary N) is 2. The lowest BCUT2D eigenvalue weighted by atomic mass is 9.91. The van der Waals surface area contributed by atoms with Gasteiger partial charge in [-0.15, -0.1) is 0 Å².